The molecule has 2 N–H and O–H groups in total. The van der Waals surface area contributed by atoms with Crippen LogP contribution < -0.4 is 10.5 Å². The molecule has 0 aliphatic carbocycles. The number of hydrogen-bond acceptors (Lipinski definition) is 5. The van der Waals surface area contributed by atoms with Gasteiger partial charge in [0.15, 0.2) is 5.82 Å². The molecule has 1 heterocycles. The van der Waals surface area contributed by atoms with Crippen molar-refractivity contribution in [2.75, 3.05) is 5.73 Å². The topological polar surface area (TPSA) is 78.8 Å². The van der Waals surface area contributed by atoms with Gasteiger partial charge in [-0.25, -0.2) is 4.68 Å². The first-order valence-electron chi connectivity index (χ1n) is 6.58. The van der Waals surface area contributed by atoms with Gasteiger partial charge in [0.2, 0.25) is 0 Å². The summed E-state index contributed by atoms with van der Waals surface area (Å²) in [5.41, 5.74) is 7.48. The Morgan fingerprint density at radius 2 is 1.76 bits per heavy atom. The van der Waals surface area contributed by atoms with Crippen LogP contribution in [0.1, 0.15) is 11.4 Å². The summed E-state index contributed by atoms with van der Waals surface area (Å²) in [6, 6.07) is 17.3. The molecule has 0 fully saturated rings. The van der Waals surface area contributed by atoms with Crippen LogP contribution in [0, 0.1) is 0 Å². The van der Waals surface area contributed by atoms with E-state index in [9.17, 15) is 0 Å². The van der Waals surface area contributed by atoms with Crippen LogP contribution in [0.15, 0.2) is 54.6 Å². The van der Waals surface area contributed by atoms with Gasteiger partial charge in [-0.1, -0.05) is 30.3 Å². The molecule has 0 spiro atoms. The van der Waals surface area contributed by atoms with Crippen molar-refractivity contribution in [3.05, 3.63) is 66.0 Å². The normalized spacial score (nSPS) is 10.5. The largest absolute Gasteiger partial charge is 0.486 e. The van der Waals surface area contributed by atoms with Crippen molar-refractivity contribution in [3.63, 3.8) is 0 Å². The third-order valence-electron chi connectivity index (χ3n) is 3.03. The monoisotopic (exact) mass is 281 g/mol. The molecule has 0 saturated heterocycles. The number of rotatable bonds is 5. The van der Waals surface area contributed by atoms with Crippen LogP contribution in [-0.4, -0.2) is 20.2 Å². The summed E-state index contributed by atoms with van der Waals surface area (Å²) in [6.45, 7) is 0.929. The highest BCUT2D eigenvalue weighted by Gasteiger charge is 2.07. The molecule has 0 atom stereocenters. The molecule has 106 valence electrons. The van der Waals surface area contributed by atoms with Crippen molar-refractivity contribution in [2.24, 2.45) is 0 Å². The van der Waals surface area contributed by atoms with Crippen LogP contribution >= 0.6 is 0 Å². The van der Waals surface area contributed by atoms with E-state index in [2.05, 4.69) is 15.5 Å². The van der Waals surface area contributed by atoms with Gasteiger partial charge in [-0.15, -0.1) is 5.10 Å². The van der Waals surface area contributed by atoms with Crippen molar-refractivity contribution in [1.82, 2.24) is 20.2 Å². The number of ether oxygens (including phenoxy) is 1. The van der Waals surface area contributed by atoms with E-state index in [-0.39, 0.29) is 0 Å². The third kappa shape index (κ3) is 3.36. The smallest absolute Gasteiger partial charge is 0.189 e. The zero-order chi connectivity index (χ0) is 14.5. The first-order chi connectivity index (χ1) is 10.3. The van der Waals surface area contributed by atoms with Crippen LogP contribution in [0.5, 0.6) is 5.75 Å². The van der Waals surface area contributed by atoms with Crippen molar-refractivity contribution in [1.29, 1.82) is 0 Å². The highest BCUT2D eigenvalue weighted by molar-refractivity contribution is 5.41. The maximum Gasteiger partial charge on any atom is 0.189 e. The molecule has 6 heteroatoms. The Bertz CT molecular complexity index is 694. The second-order valence-corrected chi connectivity index (χ2v) is 4.60. The van der Waals surface area contributed by atoms with Gasteiger partial charge in [-0.05, 0) is 40.3 Å². The fourth-order valence-corrected chi connectivity index (χ4v) is 1.92. The van der Waals surface area contributed by atoms with Crippen LogP contribution in [0.4, 0.5) is 5.69 Å². The van der Waals surface area contributed by atoms with Gasteiger partial charge in [0.1, 0.15) is 12.4 Å². The molecule has 6 nitrogen and oxygen atoms in total. The van der Waals surface area contributed by atoms with Gasteiger partial charge in [0.25, 0.3) is 0 Å². The molecule has 0 amide bonds. The highest BCUT2D eigenvalue weighted by atomic mass is 16.5. The first kappa shape index (κ1) is 13.1. The SMILES string of the molecule is Nc1ccc(OCc2nnnn2Cc2ccccc2)cc1. The lowest BCUT2D eigenvalue weighted by Crippen LogP contribution is -2.09. The lowest BCUT2D eigenvalue weighted by molar-refractivity contribution is 0.288. The summed E-state index contributed by atoms with van der Waals surface area (Å²) in [7, 11) is 0. The Morgan fingerprint density at radius 3 is 2.52 bits per heavy atom. The zero-order valence-electron chi connectivity index (χ0n) is 11.4. The molecule has 0 aliphatic rings. The van der Waals surface area contributed by atoms with Crippen LogP contribution in [0.3, 0.4) is 0 Å². The summed E-state index contributed by atoms with van der Waals surface area (Å²) in [5.74, 6) is 1.41. The Balaban J connectivity index is 1.66. The number of aromatic nitrogens is 4. The number of benzene rings is 2. The van der Waals surface area contributed by atoms with Crippen molar-refractivity contribution < 1.29 is 4.74 Å². The summed E-state index contributed by atoms with van der Waals surface area (Å²) in [5, 5.41) is 11.7. The van der Waals surface area contributed by atoms with E-state index >= 15 is 0 Å². The molecular weight excluding hydrogens is 266 g/mol. The molecule has 0 bridgehead atoms. The van der Waals surface area contributed by atoms with Crippen LogP contribution in [-0.2, 0) is 13.2 Å². The molecule has 0 saturated carbocycles. The van der Waals surface area contributed by atoms with Gasteiger partial charge in [0.05, 0.1) is 6.54 Å². The minimum atomic E-state index is 0.309. The second kappa shape index (κ2) is 6.04. The predicted molar refractivity (Wildman–Crippen MR) is 78.5 cm³/mol. The number of hydrogen-bond donors (Lipinski definition) is 1. The van der Waals surface area contributed by atoms with Crippen molar-refractivity contribution in [3.8, 4) is 5.75 Å². The second-order valence-electron chi connectivity index (χ2n) is 4.60. The van der Waals surface area contributed by atoms with Crippen LogP contribution in [0.25, 0.3) is 0 Å². The Morgan fingerprint density at radius 1 is 1.00 bits per heavy atom. The van der Waals surface area contributed by atoms with Gasteiger partial charge < -0.3 is 10.5 Å². The number of nitrogen functional groups attached to an aromatic ring is 1. The minimum absolute atomic E-state index is 0.309. The Hall–Kier alpha value is -2.89. The van der Waals surface area contributed by atoms with Crippen molar-refractivity contribution in [2.45, 2.75) is 13.2 Å². The highest BCUT2D eigenvalue weighted by Crippen LogP contribution is 2.14. The molecule has 2 aromatic carbocycles. The van der Waals surface area contributed by atoms with Gasteiger partial charge in [0, 0.05) is 5.69 Å². The van der Waals surface area contributed by atoms with E-state index < -0.39 is 0 Å². The zero-order valence-corrected chi connectivity index (χ0v) is 11.4. The van der Waals surface area contributed by atoms with Gasteiger partial charge in [-0.2, -0.15) is 0 Å². The van der Waals surface area contributed by atoms with E-state index in [1.54, 1.807) is 16.8 Å². The summed E-state index contributed by atoms with van der Waals surface area (Å²) < 4.78 is 7.39. The predicted octanol–water partition coefficient (Wildman–Crippen LogP) is 1.88. The summed E-state index contributed by atoms with van der Waals surface area (Å²) in [4.78, 5) is 0. The van der Waals surface area contributed by atoms with E-state index in [0.717, 1.165) is 11.3 Å². The molecule has 21 heavy (non-hydrogen) atoms. The minimum Gasteiger partial charge on any atom is -0.486 e. The molecule has 0 aliphatic heterocycles. The van der Waals surface area contributed by atoms with E-state index in [0.29, 0.717) is 24.7 Å². The van der Waals surface area contributed by atoms with E-state index in [4.69, 9.17) is 10.5 Å². The average Bonchev–Trinajstić information content (AvgIpc) is 2.95. The van der Waals surface area contributed by atoms with Gasteiger partial charge >= 0.3 is 0 Å². The molecule has 0 radical (unpaired) electrons. The van der Waals surface area contributed by atoms with Gasteiger partial charge in [-0.3, -0.25) is 0 Å². The van der Waals surface area contributed by atoms with Crippen molar-refractivity contribution >= 4 is 5.69 Å². The molecule has 0 unspecified atom stereocenters. The van der Waals surface area contributed by atoms with Crippen LogP contribution in [0.2, 0.25) is 0 Å². The average molecular weight is 281 g/mol. The third-order valence-corrected chi connectivity index (χ3v) is 3.03. The lowest BCUT2D eigenvalue weighted by atomic mass is 10.2. The maximum atomic E-state index is 5.66. The number of tetrazole rings is 1. The first-order valence-corrected chi connectivity index (χ1v) is 6.58. The standard InChI is InChI=1S/C15H15N5O/c16-13-6-8-14(9-7-13)21-11-15-17-18-19-20(15)10-12-4-2-1-3-5-12/h1-9H,10-11,16H2. The number of anilines is 1. The summed E-state index contributed by atoms with van der Waals surface area (Å²) >= 11 is 0. The Kier molecular flexibility index (Phi) is 3.77. The van der Waals surface area contributed by atoms with E-state index in [1.165, 1.54) is 0 Å². The maximum absolute atomic E-state index is 5.66. The van der Waals surface area contributed by atoms with E-state index in [1.807, 2.05) is 42.5 Å². The number of nitrogens with zero attached hydrogens (tertiary/aromatic N) is 4. The lowest BCUT2D eigenvalue weighted by Gasteiger charge is -2.07. The molecule has 3 rings (SSSR count). The quantitative estimate of drug-likeness (QED) is 0.722. The number of nitrogens with two attached hydrogens (primary N) is 1. The molecule has 3 aromatic rings. The molecular formula is C15H15N5O. The Labute approximate surface area is 122 Å². The fourth-order valence-electron chi connectivity index (χ4n) is 1.92. The fraction of sp³-hybridized carbons (Fsp3) is 0.133. The summed E-state index contributed by atoms with van der Waals surface area (Å²) in [6.07, 6.45) is 0. The molecule has 1 aromatic heterocycles.